The molecule has 1 aliphatic heterocycles. The molecular formula is C58H38GeN4. The first-order valence-electron chi connectivity index (χ1n) is 21.6. The Morgan fingerprint density at radius 1 is 0.333 bits per heavy atom. The number of benzene rings is 9. The van der Waals surface area contributed by atoms with E-state index in [9.17, 15) is 0 Å². The molecule has 0 unspecified atom stereocenters. The van der Waals surface area contributed by atoms with Gasteiger partial charge in [0.2, 0.25) is 0 Å². The van der Waals surface area contributed by atoms with E-state index in [4.69, 9.17) is 9.97 Å². The predicted octanol–water partition coefficient (Wildman–Crippen LogP) is 11.4. The van der Waals surface area contributed by atoms with Gasteiger partial charge in [0.15, 0.2) is 0 Å². The van der Waals surface area contributed by atoms with Crippen LogP contribution >= 0.6 is 0 Å². The molecule has 0 saturated heterocycles. The van der Waals surface area contributed by atoms with Gasteiger partial charge in [0, 0.05) is 0 Å². The molecule has 0 amide bonds. The molecule has 3 aromatic heterocycles. The van der Waals surface area contributed by atoms with Crippen molar-refractivity contribution in [2.75, 3.05) is 0 Å². The summed E-state index contributed by atoms with van der Waals surface area (Å²) in [5.41, 5.74) is 12.4. The monoisotopic (exact) mass is 864 g/mol. The average molecular weight is 864 g/mol. The summed E-state index contributed by atoms with van der Waals surface area (Å²) >= 11 is -3.94. The van der Waals surface area contributed by atoms with E-state index < -0.39 is 13.3 Å². The average Bonchev–Trinajstić information content (AvgIpc) is 3.97. The Morgan fingerprint density at radius 2 is 0.810 bits per heavy atom. The van der Waals surface area contributed by atoms with Gasteiger partial charge >= 0.3 is 369 Å². The summed E-state index contributed by atoms with van der Waals surface area (Å²) in [6, 6.07) is 84.3. The van der Waals surface area contributed by atoms with Gasteiger partial charge < -0.3 is 0 Å². The van der Waals surface area contributed by atoms with Crippen LogP contribution in [0.25, 0.3) is 88.9 Å². The molecule has 9 aromatic carbocycles. The Morgan fingerprint density at radius 3 is 1.40 bits per heavy atom. The molecular weight excluding hydrogens is 825 g/mol. The van der Waals surface area contributed by atoms with E-state index in [2.05, 4.69) is 240 Å². The standard InChI is InChI=1S/C58H38GeN4/c1-6-20-39(21-7-1)56-55-57(61-58(60-56)40-22-8-2-9-23-40)47-35-34-44(36-50(47)59(55,41-24-10-3-11-25-41)42-26-12-4-13-27-42)63-52-33-19-17-31-46(52)49-37-48-45-30-16-18-32-51(45)62(53(48)38-54(49)63)43-28-14-5-15-29-43/h1-38H. The van der Waals surface area contributed by atoms with Gasteiger partial charge in [-0.05, 0) is 0 Å². The van der Waals surface area contributed by atoms with Crippen molar-refractivity contribution in [2.24, 2.45) is 0 Å². The third-order valence-corrected chi connectivity index (χ3v) is 23.3. The molecule has 5 heteroatoms. The normalized spacial score (nSPS) is 12.9. The van der Waals surface area contributed by atoms with Crippen molar-refractivity contribution in [1.82, 2.24) is 19.1 Å². The first-order chi connectivity index (χ1) is 31.3. The van der Waals surface area contributed by atoms with E-state index in [1.165, 1.54) is 66.8 Å². The van der Waals surface area contributed by atoms with Gasteiger partial charge in [-0.15, -0.1) is 0 Å². The van der Waals surface area contributed by atoms with Crippen LogP contribution in [0.1, 0.15) is 0 Å². The topological polar surface area (TPSA) is 35.6 Å². The van der Waals surface area contributed by atoms with Crippen molar-refractivity contribution in [1.29, 1.82) is 0 Å². The fourth-order valence-electron chi connectivity index (χ4n) is 10.6. The SMILES string of the molecule is c1ccc(-c2nc(-c3ccccc3)[c]3c(n2)-c2ccc(-n4c5ccccc5c5cc6c7ccccc7n(-c7ccccc7)c6cc54)c[c]2[Ge]3([c]2ccccc2)[c]2ccccc2)cc1. The molecule has 0 fully saturated rings. The van der Waals surface area contributed by atoms with Gasteiger partial charge in [0.25, 0.3) is 0 Å². The van der Waals surface area contributed by atoms with E-state index in [1.807, 2.05) is 0 Å². The van der Waals surface area contributed by atoms with Gasteiger partial charge in [-0.2, -0.15) is 0 Å². The third kappa shape index (κ3) is 5.28. The van der Waals surface area contributed by atoms with Gasteiger partial charge in [-0.25, -0.2) is 0 Å². The molecule has 12 aromatic rings. The number of rotatable bonds is 6. The summed E-state index contributed by atoms with van der Waals surface area (Å²) in [6.07, 6.45) is 0. The van der Waals surface area contributed by atoms with Crippen LogP contribution < -0.4 is 17.6 Å². The van der Waals surface area contributed by atoms with Gasteiger partial charge in [-0.1, -0.05) is 0 Å². The molecule has 0 atom stereocenters. The second-order valence-electron chi connectivity index (χ2n) is 16.5. The second-order valence-corrected chi connectivity index (χ2v) is 24.2. The molecule has 0 aliphatic carbocycles. The van der Waals surface area contributed by atoms with Crippen molar-refractivity contribution < 1.29 is 0 Å². The molecule has 0 radical (unpaired) electrons. The Labute approximate surface area is 367 Å². The van der Waals surface area contributed by atoms with Gasteiger partial charge in [0.05, 0.1) is 0 Å². The molecule has 1 aliphatic rings. The fraction of sp³-hybridized carbons (Fsp3) is 0. The van der Waals surface area contributed by atoms with Crippen LogP contribution in [0.15, 0.2) is 231 Å². The molecule has 4 nitrogen and oxygen atoms in total. The van der Waals surface area contributed by atoms with Crippen molar-refractivity contribution in [3.8, 4) is 45.3 Å². The zero-order valence-electron chi connectivity index (χ0n) is 34.2. The molecule has 0 saturated carbocycles. The van der Waals surface area contributed by atoms with Crippen LogP contribution in [0.3, 0.4) is 0 Å². The second kappa shape index (κ2) is 14.1. The van der Waals surface area contributed by atoms with Crippen LogP contribution in [-0.2, 0) is 0 Å². The summed E-state index contributed by atoms with van der Waals surface area (Å²) in [5, 5.41) is 4.97. The van der Waals surface area contributed by atoms with Crippen LogP contribution in [0.4, 0.5) is 0 Å². The molecule has 0 bridgehead atoms. The Bertz CT molecular complexity index is 3670. The first-order valence-corrected chi connectivity index (χ1v) is 25.8. The van der Waals surface area contributed by atoms with Gasteiger partial charge in [-0.3, -0.25) is 0 Å². The summed E-state index contributed by atoms with van der Waals surface area (Å²) in [6.45, 7) is 0. The summed E-state index contributed by atoms with van der Waals surface area (Å²) in [5.74, 6) is 0.739. The molecule has 63 heavy (non-hydrogen) atoms. The van der Waals surface area contributed by atoms with Crippen molar-refractivity contribution in [3.05, 3.63) is 231 Å². The zero-order chi connectivity index (χ0) is 41.5. The minimum absolute atomic E-state index is 0.739. The van der Waals surface area contributed by atoms with Crippen LogP contribution in [0, 0.1) is 0 Å². The van der Waals surface area contributed by atoms with E-state index in [-0.39, 0.29) is 0 Å². The van der Waals surface area contributed by atoms with Crippen molar-refractivity contribution in [3.63, 3.8) is 0 Å². The Hall–Kier alpha value is -7.80. The van der Waals surface area contributed by atoms with E-state index in [0.717, 1.165) is 39.7 Å². The van der Waals surface area contributed by atoms with E-state index in [1.54, 1.807) is 0 Å². The minimum atomic E-state index is -3.94. The van der Waals surface area contributed by atoms with Crippen molar-refractivity contribution in [2.45, 2.75) is 0 Å². The van der Waals surface area contributed by atoms with Crippen LogP contribution in [-0.4, -0.2) is 32.4 Å². The maximum absolute atomic E-state index is 5.61. The number of hydrogen-bond donors (Lipinski definition) is 0. The van der Waals surface area contributed by atoms with Crippen molar-refractivity contribution >= 4 is 74.5 Å². The summed E-state index contributed by atoms with van der Waals surface area (Å²) in [7, 11) is 0. The van der Waals surface area contributed by atoms with Crippen LogP contribution in [0.2, 0.25) is 0 Å². The zero-order valence-corrected chi connectivity index (χ0v) is 36.3. The number of para-hydroxylation sites is 3. The van der Waals surface area contributed by atoms with E-state index in [0.29, 0.717) is 0 Å². The molecule has 0 spiro atoms. The third-order valence-electron chi connectivity index (χ3n) is 13.2. The number of nitrogens with zero attached hydrogens (tertiary/aromatic N) is 4. The molecule has 294 valence electrons. The quantitative estimate of drug-likeness (QED) is 0.156. The van der Waals surface area contributed by atoms with Gasteiger partial charge in [0.1, 0.15) is 0 Å². The van der Waals surface area contributed by atoms with Crippen LogP contribution in [0.5, 0.6) is 0 Å². The maximum atomic E-state index is 5.61. The summed E-state index contributed by atoms with van der Waals surface area (Å²) < 4.78 is 10.3. The Kier molecular flexibility index (Phi) is 8.05. The predicted molar refractivity (Wildman–Crippen MR) is 264 cm³/mol. The number of aromatic nitrogens is 4. The number of hydrogen-bond acceptors (Lipinski definition) is 2. The Balaban J connectivity index is 1.16. The molecule has 13 rings (SSSR count). The fourth-order valence-corrected chi connectivity index (χ4v) is 21.6. The molecule has 4 heterocycles. The molecule has 0 N–H and O–H groups in total. The van der Waals surface area contributed by atoms with E-state index >= 15 is 0 Å². The summed E-state index contributed by atoms with van der Waals surface area (Å²) in [4.78, 5) is 11.2. The first kappa shape index (κ1) is 35.9. The number of fused-ring (bicyclic) bond motifs is 9.